The van der Waals surface area contributed by atoms with Crippen molar-refractivity contribution in [1.82, 2.24) is 4.90 Å². The number of thiocarbonyl (C=S) groups is 1. The normalized spacial score (nSPS) is 12.9. The Morgan fingerprint density at radius 3 is 2.53 bits per heavy atom. The molecular formula is C25H24FNO2S. The highest BCUT2D eigenvalue weighted by Crippen LogP contribution is 2.31. The topological polar surface area (TPSA) is 21.7 Å². The van der Waals surface area contributed by atoms with E-state index in [-0.39, 0.29) is 12.4 Å². The lowest BCUT2D eigenvalue weighted by molar-refractivity contribution is 0.266. The molecule has 0 atom stereocenters. The van der Waals surface area contributed by atoms with Gasteiger partial charge in [0, 0.05) is 24.2 Å². The molecular weight excluding hydrogens is 397 g/mol. The van der Waals surface area contributed by atoms with Gasteiger partial charge in [-0.05, 0) is 48.7 Å². The van der Waals surface area contributed by atoms with Crippen LogP contribution in [-0.4, -0.2) is 23.0 Å². The molecule has 0 amide bonds. The Bertz CT molecular complexity index is 1050. The van der Waals surface area contributed by atoms with Gasteiger partial charge in [0.1, 0.15) is 17.4 Å². The molecule has 0 unspecified atom stereocenters. The highest BCUT2D eigenvalue weighted by Gasteiger charge is 2.20. The Labute approximate surface area is 182 Å². The second-order valence-corrected chi connectivity index (χ2v) is 7.61. The van der Waals surface area contributed by atoms with E-state index in [1.165, 1.54) is 17.2 Å². The zero-order valence-corrected chi connectivity index (χ0v) is 17.8. The lowest BCUT2D eigenvalue weighted by atomic mass is 9.99. The Balaban J connectivity index is 1.51. The van der Waals surface area contributed by atoms with E-state index in [1.54, 1.807) is 18.2 Å². The first-order valence-corrected chi connectivity index (χ1v) is 10.6. The number of hydrogen-bond acceptors (Lipinski definition) is 3. The highest BCUT2D eigenvalue weighted by molar-refractivity contribution is 7.80. The van der Waals surface area contributed by atoms with E-state index < -0.39 is 0 Å². The summed E-state index contributed by atoms with van der Waals surface area (Å²) >= 11 is 5.79. The van der Waals surface area contributed by atoms with Crippen LogP contribution in [0.4, 0.5) is 4.39 Å². The van der Waals surface area contributed by atoms with Crippen molar-refractivity contribution >= 4 is 17.2 Å². The first-order chi connectivity index (χ1) is 14.7. The Morgan fingerprint density at radius 2 is 1.73 bits per heavy atom. The Kier molecular flexibility index (Phi) is 6.29. The molecule has 0 aromatic heterocycles. The molecule has 0 saturated carbocycles. The van der Waals surface area contributed by atoms with E-state index in [1.807, 2.05) is 25.1 Å². The van der Waals surface area contributed by atoms with Crippen LogP contribution >= 0.6 is 12.2 Å². The summed E-state index contributed by atoms with van der Waals surface area (Å²) < 4.78 is 25.5. The molecule has 5 heteroatoms. The predicted molar refractivity (Wildman–Crippen MR) is 121 cm³/mol. The van der Waals surface area contributed by atoms with Crippen molar-refractivity contribution in [2.45, 2.75) is 26.5 Å². The molecule has 1 aliphatic heterocycles. The van der Waals surface area contributed by atoms with E-state index in [4.69, 9.17) is 21.7 Å². The zero-order chi connectivity index (χ0) is 20.9. The molecule has 0 spiro atoms. The number of nitrogens with zero attached hydrogens (tertiary/aromatic N) is 1. The van der Waals surface area contributed by atoms with Crippen LogP contribution in [0.1, 0.15) is 29.2 Å². The van der Waals surface area contributed by atoms with Crippen molar-refractivity contribution in [1.29, 1.82) is 0 Å². The number of fused-ring (bicyclic) bond motifs is 1. The van der Waals surface area contributed by atoms with Crippen LogP contribution in [0, 0.1) is 5.82 Å². The van der Waals surface area contributed by atoms with Crippen molar-refractivity contribution in [3.8, 4) is 11.5 Å². The molecule has 0 bridgehead atoms. The summed E-state index contributed by atoms with van der Waals surface area (Å²) in [6, 6.07) is 20.8. The Morgan fingerprint density at radius 1 is 0.967 bits per heavy atom. The summed E-state index contributed by atoms with van der Waals surface area (Å²) in [6.07, 6.45) is 0.985. The summed E-state index contributed by atoms with van der Waals surface area (Å²) in [7, 11) is 0. The van der Waals surface area contributed by atoms with Crippen LogP contribution in [0.25, 0.3) is 0 Å². The average Bonchev–Trinajstić information content (AvgIpc) is 2.78. The van der Waals surface area contributed by atoms with E-state index in [0.717, 1.165) is 30.1 Å². The van der Waals surface area contributed by atoms with Gasteiger partial charge in [0.2, 0.25) is 0 Å². The minimum absolute atomic E-state index is 0.138. The van der Waals surface area contributed by atoms with Gasteiger partial charge in [0.15, 0.2) is 11.5 Å². The maximum absolute atomic E-state index is 13.9. The molecule has 4 rings (SSSR count). The second kappa shape index (κ2) is 9.26. The fourth-order valence-electron chi connectivity index (χ4n) is 3.65. The Hall–Kier alpha value is -2.92. The number of hydrogen-bond donors (Lipinski definition) is 0. The molecule has 0 saturated heterocycles. The van der Waals surface area contributed by atoms with Crippen LogP contribution in [0.2, 0.25) is 0 Å². The van der Waals surface area contributed by atoms with E-state index in [0.29, 0.717) is 23.7 Å². The van der Waals surface area contributed by atoms with Gasteiger partial charge < -0.3 is 14.4 Å². The first kappa shape index (κ1) is 20.4. The molecule has 0 fully saturated rings. The molecule has 0 N–H and O–H groups in total. The molecule has 1 aliphatic rings. The number of halogens is 1. The number of benzene rings is 3. The van der Waals surface area contributed by atoms with Crippen molar-refractivity contribution in [3.63, 3.8) is 0 Å². The van der Waals surface area contributed by atoms with Gasteiger partial charge in [-0.3, -0.25) is 0 Å². The zero-order valence-electron chi connectivity index (χ0n) is 16.9. The fourth-order valence-corrected chi connectivity index (χ4v) is 3.93. The fraction of sp³-hybridized carbons (Fsp3) is 0.240. The molecule has 3 aromatic carbocycles. The third-order valence-electron chi connectivity index (χ3n) is 5.25. The van der Waals surface area contributed by atoms with Crippen LogP contribution < -0.4 is 9.47 Å². The largest absolute Gasteiger partial charge is 0.490 e. The van der Waals surface area contributed by atoms with E-state index >= 15 is 0 Å². The molecule has 0 radical (unpaired) electrons. The predicted octanol–water partition coefficient (Wildman–Crippen LogP) is 5.54. The van der Waals surface area contributed by atoms with Gasteiger partial charge in [-0.1, -0.05) is 54.7 Å². The molecule has 154 valence electrons. The maximum atomic E-state index is 13.9. The molecule has 1 heterocycles. The van der Waals surface area contributed by atoms with Crippen LogP contribution in [0.15, 0.2) is 66.7 Å². The highest BCUT2D eigenvalue weighted by atomic mass is 32.1. The van der Waals surface area contributed by atoms with Crippen LogP contribution in [-0.2, 0) is 19.6 Å². The lowest BCUT2D eigenvalue weighted by Crippen LogP contribution is -2.35. The summed E-state index contributed by atoms with van der Waals surface area (Å²) in [4.78, 5) is 3.02. The van der Waals surface area contributed by atoms with Crippen molar-refractivity contribution in [2.75, 3.05) is 13.2 Å². The first-order valence-electron chi connectivity index (χ1n) is 10.1. The summed E-state index contributed by atoms with van der Waals surface area (Å²) in [5.74, 6) is 0.917. The van der Waals surface area contributed by atoms with E-state index in [9.17, 15) is 4.39 Å². The summed E-state index contributed by atoms with van der Waals surface area (Å²) in [5, 5.41) is 0. The van der Waals surface area contributed by atoms with Crippen molar-refractivity contribution in [2.24, 2.45) is 0 Å². The summed E-state index contributed by atoms with van der Waals surface area (Å²) in [5.41, 5.74) is 4.14. The van der Waals surface area contributed by atoms with Gasteiger partial charge in [0.25, 0.3) is 0 Å². The third kappa shape index (κ3) is 4.46. The minimum atomic E-state index is -0.279. The van der Waals surface area contributed by atoms with Gasteiger partial charge in [-0.15, -0.1) is 0 Å². The van der Waals surface area contributed by atoms with E-state index in [2.05, 4.69) is 29.2 Å². The lowest BCUT2D eigenvalue weighted by Gasteiger charge is -2.31. The standard InChI is InChI=1S/C25H24FNO2S/c1-2-28-24-15-19(11-12-23(24)29-17-21-9-5-6-10-22(21)26)25(30)27-14-13-18-7-3-4-8-20(18)16-27/h3-12,15H,2,13-14,16-17H2,1H3. The van der Waals surface area contributed by atoms with Crippen LogP contribution in [0.3, 0.4) is 0 Å². The molecule has 3 nitrogen and oxygen atoms in total. The SMILES string of the molecule is CCOc1cc(C(=S)N2CCc3ccccc3C2)ccc1OCc1ccccc1F. The number of rotatable bonds is 6. The van der Waals surface area contributed by atoms with Gasteiger partial charge >= 0.3 is 0 Å². The van der Waals surface area contributed by atoms with Gasteiger partial charge in [0.05, 0.1) is 6.61 Å². The van der Waals surface area contributed by atoms with Crippen LogP contribution in [0.5, 0.6) is 11.5 Å². The average molecular weight is 422 g/mol. The number of ether oxygens (including phenoxy) is 2. The molecule has 3 aromatic rings. The van der Waals surface area contributed by atoms with Gasteiger partial charge in [-0.2, -0.15) is 0 Å². The minimum Gasteiger partial charge on any atom is -0.490 e. The smallest absolute Gasteiger partial charge is 0.161 e. The summed E-state index contributed by atoms with van der Waals surface area (Å²) in [6.45, 7) is 4.27. The van der Waals surface area contributed by atoms with Gasteiger partial charge in [-0.25, -0.2) is 4.39 Å². The maximum Gasteiger partial charge on any atom is 0.161 e. The molecule has 30 heavy (non-hydrogen) atoms. The molecule has 0 aliphatic carbocycles. The van der Waals surface area contributed by atoms with Crippen molar-refractivity contribution < 1.29 is 13.9 Å². The quantitative estimate of drug-likeness (QED) is 0.487. The monoisotopic (exact) mass is 421 g/mol. The van der Waals surface area contributed by atoms with Crippen molar-refractivity contribution in [3.05, 3.63) is 94.8 Å². The third-order valence-corrected chi connectivity index (χ3v) is 5.74. The second-order valence-electron chi connectivity index (χ2n) is 7.22.